The van der Waals surface area contributed by atoms with Crippen LogP contribution in [-0.4, -0.2) is 23.4 Å². The summed E-state index contributed by atoms with van der Waals surface area (Å²) in [6.45, 7) is 0. The molecule has 2 aliphatic heterocycles. The van der Waals surface area contributed by atoms with Gasteiger partial charge in [0.15, 0.2) is 0 Å². The van der Waals surface area contributed by atoms with Gasteiger partial charge < -0.3 is 9.68 Å². The molecule has 2 spiro atoms. The van der Waals surface area contributed by atoms with Gasteiger partial charge in [0.25, 0.3) is 0 Å². The molecule has 4 fully saturated rings. The molecule has 4 atom stereocenters. The van der Waals surface area contributed by atoms with E-state index in [0.717, 1.165) is 17.8 Å². The number of carbonyl (C=O) groups is 2. The molecule has 0 N–H and O–H groups in total. The van der Waals surface area contributed by atoms with E-state index in [0.29, 0.717) is 19.3 Å². The van der Waals surface area contributed by atoms with Gasteiger partial charge in [-0.25, -0.2) is 9.59 Å². The van der Waals surface area contributed by atoms with Crippen molar-refractivity contribution < 1.29 is 19.3 Å². The summed E-state index contributed by atoms with van der Waals surface area (Å²) in [4.78, 5) is 34.0. The number of hydrogen-bond acceptors (Lipinski definition) is 6. The molecule has 0 aromatic heterocycles. The van der Waals surface area contributed by atoms with Crippen LogP contribution in [-0.2, 0) is 19.3 Å². The Bertz CT molecular complexity index is 545. The zero-order valence-electron chi connectivity index (χ0n) is 9.51. The first-order valence-corrected chi connectivity index (χ1v) is 6.25. The van der Waals surface area contributed by atoms with Gasteiger partial charge in [0.05, 0.1) is 11.4 Å². The van der Waals surface area contributed by atoms with Crippen molar-refractivity contribution in [1.82, 2.24) is 0 Å². The fourth-order valence-electron chi connectivity index (χ4n) is 4.80. The number of oxime groups is 2. The molecule has 0 unspecified atom stereocenters. The van der Waals surface area contributed by atoms with Gasteiger partial charge in [-0.15, -0.1) is 0 Å². The van der Waals surface area contributed by atoms with Gasteiger partial charge in [-0.2, -0.15) is 0 Å². The fraction of sp³-hybridized carbons (Fsp3) is 0.667. The van der Waals surface area contributed by atoms with Crippen LogP contribution in [0.15, 0.2) is 10.3 Å². The molecule has 0 amide bonds. The van der Waals surface area contributed by atoms with E-state index in [1.165, 1.54) is 0 Å². The summed E-state index contributed by atoms with van der Waals surface area (Å²) in [5.41, 5.74) is 0.420. The first kappa shape index (κ1) is 9.24. The van der Waals surface area contributed by atoms with E-state index >= 15 is 0 Å². The smallest absolute Gasteiger partial charge is 0.317 e. The molecule has 18 heavy (non-hydrogen) atoms. The van der Waals surface area contributed by atoms with Crippen molar-refractivity contribution in [2.45, 2.75) is 25.7 Å². The van der Waals surface area contributed by atoms with E-state index < -0.39 is 10.8 Å². The van der Waals surface area contributed by atoms with Crippen molar-refractivity contribution in [3.05, 3.63) is 0 Å². The third-order valence-corrected chi connectivity index (χ3v) is 5.35. The Labute approximate surface area is 102 Å². The summed E-state index contributed by atoms with van der Waals surface area (Å²) < 4.78 is 0. The second kappa shape index (κ2) is 2.37. The topological polar surface area (TPSA) is 77.3 Å². The van der Waals surface area contributed by atoms with Crippen LogP contribution in [0.2, 0.25) is 0 Å². The summed E-state index contributed by atoms with van der Waals surface area (Å²) >= 11 is 0. The highest BCUT2D eigenvalue weighted by Crippen LogP contribution is 2.65. The molecule has 4 saturated carbocycles. The SMILES string of the molecule is O=C1ON=C2[C@@H]3C[C@H]4C[C@@]12C[C@]1(C3)C(=O)ON=C41. The molecule has 2 heterocycles. The number of rotatable bonds is 0. The standard InChI is InChI=1S/C12H10N2O4/c15-9-11-2-5-1-6(8(11)14-17-9)3-12(4-11)7(5)13-18-10(12)16/h5-6H,1-4H2/t5-,6+,11-,12-/m0/s1. The maximum absolute atomic E-state index is 12.1. The number of hydrogen-bond donors (Lipinski definition) is 0. The number of nitrogens with zero attached hydrogens (tertiary/aromatic N) is 2. The lowest BCUT2D eigenvalue weighted by Crippen LogP contribution is -2.64. The highest BCUT2D eigenvalue weighted by atomic mass is 16.7. The monoisotopic (exact) mass is 246 g/mol. The Hall–Kier alpha value is -1.72. The van der Waals surface area contributed by atoms with Crippen LogP contribution in [0.5, 0.6) is 0 Å². The third-order valence-electron chi connectivity index (χ3n) is 5.35. The second-order valence-corrected chi connectivity index (χ2v) is 6.09. The summed E-state index contributed by atoms with van der Waals surface area (Å²) in [5, 5.41) is 7.96. The van der Waals surface area contributed by atoms with E-state index in [-0.39, 0.29) is 23.8 Å². The lowest BCUT2D eigenvalue weighted by Gasteiger charge is -2.55. The lowest BCUT2D eigenvalue weighted by molar-refractivity contribution is -0.157. The van der Waals surface area contributed by atoms with Crippen LogP contribution in [0, 0.1) is 22.7 Å². The van der Waals surface area contributed by atoms with Crippen LogP contribution in [0.4, 0.5) is 0 Å². The molecule has 6 rings (SSSR count). The normalized spacial score (nSPS) is 50.4. The van der Waals surface area contributed by atoms with Gasteiger partial charge in [0.2, 0.25) is 0 Å². The third kappa shape index (κ3) is 0.693. The first-order valence-electron chi connectivity index (χ1n) is 6.25. The van der Waals surface area contributed by atoms with Crippen LogP contribution in [0.3, 0.4) is 0 Å². The lowest BCUT2D eigenvalue weighted by atomic mass is 9.43. The minimum atomic E-state index is -0.659. The molecule has 92 valence electrons. The van der Waals surface area contributed by atoms with E-state index in [4.69, 9.17) is 9.68 Å². The molecule has 6 nitrogen and oxygen atoms in total. The molecule has 0 aromatic carbocycles. The molecule has 6 aliphatic rings. The van der Waals surface area contributed by atoms with Gasteiger partial charge in [0, 0.05) is 11.8 Å². The molecular weight excluding hydrogens is 236 g/mol. The minimum Gasteiger partial charge on any atom is -0.317 e. The van der Waals surface area contributed by atoms with E-state index in [1.807, 2.05) is 0 Å². The molecular formula is C12H10N2O4. The Kier molecular flexibility index (Phi) is 1.22. The quantitative estimate of drug-likeness (QED) is 0.587. The molecule has 0 saturated heterocycles. The van der Waals surface area contributed by atoms with Crippen LogP contribution >= 0.6 is 0 Å². The maximum Gasteiger partial charge on any atom is 0.346 e. The van der Waals surface area contributed by atoms with Gasteiger partial charge in [-0.05, 0) is 25.7 Å². The van der Waals surface area contributed by atoms with Crippen molar-refractivity contribution in [2.75, 3.05) is 0 Å². The van der Waals surface area contributed by atoms with E-state index in [1.54, 1.807) is 0 Å². The summed E-state index contributed by atoms with van der Waals surface area (Å²) in [6, 6.07) is 0. The predicted octanol–water partition coefficient (Wildman–Crippen LogP) is 0.618. The predicted molar refractivity (Wildman–Crippen MR) is 57.4 cm³/mol. The summed E-state index contributed by atoms with van der Waals surface area (Å²) in [6.07, 6.45) is 2.72. The van der Waals surface area contributed by atoms with E-state index in [9.17, 15) is 9.59 Å². The van der Waals surface area contributed by atoms with Crippen molar-refractivity contribution in [1.29, 1.82) is 0 Å². The molecule has 0 radical (unpaired) electrons. The largest absolute Gasteiger partial charge is 0.346 e. The first-order chi connectivity index (χ1) is 8.66. The average molecular weight is 246 g/mol. The summed E-state index contributed by atoms with van der Waals surface area (Å²) in [7, 11) is 0. The van der Waals surface area contributed by atoms with Gasteiger partial charge in [-0.1, -0.05) is 10.3 Å². The molecule has 4 aliphatic carbocycles. The molecule has 4 bridgehead atoms. The summed E-state index contributed by atoms with van der Waals surface area (Å²) in [5.74, 6) is -0.225. The van der Waals surface area contributed by atoms with Crippen molar-refractivity contribution in [3.8, 4) is 0 Å². The zero-order chi connectivity index (χ0) is 12.1. The van der Waals surface area contributed by atoms with Crippen LogP contribution in [0.25, 0.3) is 0 Å². The maximum atomic E-state index is 12.1. The van der Waals surface area contributed by atoms with Crippen molar-refractivity contribution >= 4 is 23.4 Å². The Morgan fingerprint density at radius 3 is 1.94 bits per heavy atom. The van der Waals surface area contributed by atoms with Crippen molar-refractivity contribution in [2.24, 2.45) is 33.0 Å². The highest BCUT2D eigenvalue weighted by Gasteiger charge is 2.74. The Balaban J connectivity index is 1.78. The Morgan fingerprint density at radius 1 is 0.944 bits per heavy atom. The van der Waals surface area contributed by atoms with Gasteiger partial charge in [0.1, 0.15) is 10.8 Å². The molecule has 0 aromatic rings. The van der Waals surface area contributed by atoms with Gasteiger partial charge >= 0.3 is 11.9 Å². The fourth-order valence-corrected chi connectivity index (χ4v) is 4.80. The Morgan fingerprint density at radius 2 is 1.44 bits per heavy atom. The molecule has 6 heteroatoms. The number of carbonyl (C=O) groups excluding carboxylic acids is 2. The van der Waals surface area contributed by atoms with E-state index in [2.05, 4.69) is 10.3 Å². The second-order valence-electron chi connectivity index (χ2n) is 6.09. The van der Waals surface area contributed by atoms with Crippen LogP contribution < -0.4 is 0 Å². The van der Waals surface area contributed by atoms with Crippen molar-refractivity contribution in [3.63, 3.8) is 0 Å². The highest BCUT2D eigenvalue weighted by molar-refractivity contribution is 6.21. The minimum absolute atomic E-state index is 0.175. The van der Waals surface area contributed by atoms with Crippen LogP contribution in [0.1, 0.15) is 25.7 Å². The average Bonchev–Trinajstić information content (AvgIpc) is 2.82. The van der Waals surface area contributed by atoms with Gasteiger partial charge in [-0.3, -0.25) is 0 Å². The zero-order valence-corrected chi connectivity index (χ0v) is 9.51.